The molecule has 0 unspecified atom stereocenters. The quantitative estimate of drug-likeness (QED) is 0.503. The van der Waals surface area contributed by atoms with E-state index in [0.717, 1.165) is 37.8 Å². The molecular formula is C12H28N2OS2. The molecule has 0 N–H and O–H groups in total. The van der Waals surface area contributed by atoms with Crippen molar-refractivity contribution in [1.82, 2.24) is 9.80 Å². The summed E-state index contributed by atoms with van der Waals surface area (Å²) < 4.78 is 5.58. The Labute approximate surface area is 116 Å². The molecule has 0 fully saturated rings. The predicted molar refractivity (Wildman–Crippen MR) is 82.6 cm³/mol. The maximum Gasteiger partial charge on any atom is 0.0557 e. The maximum atomic E-state index is 5.58. The van der Waals surface area contributed by atoms with Gasteiger partial charge in [0.2, 0.25) is 0 Å². The third-order valence-corrected chi connectivity index (χ3v) is 3.96. The standard InChI is InChI=1S/C12H28N2OS2/c1-13(2)5-9-16-11-7-15-8-12-17-10-6-14(3)4/h5-12H2,1-4H3. The molecule has 0 heterocycles. The molecule has 0 atom stereocenters. The Hall–Kier alpha value is 0.580. The highest BCUT2D eigenvalue weighted by atomic mass is 32.2. The van der Waals surface area contributed by atoms with E-state index in [1.165, 1.54) is 11.5 Å². The first kappa shape index (κ1) is 17.6. The number of hydrogen-bond acceptors (Lipinski definition) is 5. The Balaban J connectivity index is 2.94. The number of ether oxygens (including phenoxy) is 1. The molecule has 0 aromatic heterocycles. The summed E-state index contributed by atoms with van der Waals surface area (Å²) in [5, 5.41) is 0. The monoisotopic (exact) mass is 280 g/mol. The minimum absolute atomic E-state index is 0.895. The zero-order chi connectivity index (χ0) is 12.9. The van der Waals surface area contributed by atoms with Crippen LogP contribution in [-0.2, 0) is 4.74 Å². The average molecular weight is 281 g/mol. The molecular weight excluding hydrogens is 252 g/mol. The van der Waals surface area contributed by atoms with Crippen LogP contribution in [0.15, 0.2) is 0 Å². The fourth-order valence-electron chi connectivity index (χ4n) is 1.04. The van der Waals surface area contributed by atoms with Crippen molar-refractivity contribution in [3.05, 3.63) is 0 Å². The Morgan fingerprint density at radius 2 is 1.12 bits per heavy atom. The summed E-state index contributed by atoms with van der Waals surface area (Å²) in [5.74, 6) is 4.65. The second kappa shape index (κ2) is 13.0. The lowest BCUT2D eigenvalue weighted by Crippen LogP contribution is -2.16. The fraction of sp³-hybridized carbons (Fsp3) is 1.00. The Morgan fingerprint density at radius 1 is 0.706 bits per heavy atom. The smallest absolute Gasteiger partial charge is 0.0557 e. The molecule has 0 rings (SSSR count). The van der Waals surface area contributed by atoms with E-state index in [0.29, 0.717) is 0 Å². The van der Waals surface area contributed by atoms with Gasteiger partial charge in [-0.15, -0.1) is 0 Å². The number of rotatable bonds is 12. The van der Waals surface area contributed by atoms with Gasteiger partial charge in [0.05, 0.1) is 13.2 Å². The van der Waals surface area contributed by atoms with Gasteiger partial charge in [-0.2, -0.15) is 23.5 Å². The van der Waals surface area contributed by atoms with Crippen LogP contribution >= 0.6 is 23.5 Å². The molecule has 0 aliphatic heterocycles. The van der Waals surface area contributed by atoms with Crippen LogP contribution in [-0.4, -0.2) is 87.3 Å². The summed E-state index contributed by atoms with van der Waals surface area (Å²) in [6, 6.07) is 0. The summed E-state index contributed by atoms with van der Waals surface area (Å²) in [4.78, 5) is 4.44. The van der Waals surface area contributed by atoms with Gasteiger partial charge in [-0.25, -0.2) is 0 Å². The lowest BCUT2D eigenvalue weighted by molar-refractivity contribution is 0.167. The first-order chi connectivity index (χ1) is 8.13. The van der Waals surface area contributed by atoms with E-state index in [1.54, 1.807) is 0 Å². The van der Waals surface area contributed by atoms with Crippen LogP contribution in [0.2, 0.25) is 0 Å². The van der Waals surface area contributed by atoms with Crippen molar-refractivity contribution >= 4 is 23.5 Å². The molecule has 5 heteroatoms. The second-order valence-corrected chi connectivity index (χ2v) is 6.89. The summed E-state index contributed by atoms with van der Waals surface area (Å²) in [5.41, 5.74) is 0. The van der Waals surface area contributed by atoms with Gasteiger partial charge >= 0.3 is 0 Å². The van der Waals surface area contributed by atoms with Crippen molar-refractivity contribution < 1.29 is 4.74 Å². The normalized spacial score (nSPS) is 11.6. The largest absolute Gasteiger partial charge is 0.380 e. The van der Waals surface area contributed by atoms with Gasteiger partial charge in [0.25, 0.3) is 0 Å². The van der Waals surface area contributed by atoms with Crippen molar-refractivity contribution in [2.75, 3.05) is 77.5 Å². The fourth-order valence-corrected chi connectivity index (χ4v) is 2.90. The first-order valence-corrected chi connectivity index (χ1v) is 8.46. The van der Waals surface area contributed by atoms with Crippen LogP contribution in [0, 0.1) is 0 Å². The van der Waals surface area contributed by atoms with Crippen LogP contribution in [0.5, 0.6) is 0 Å². The summed E-state index contributed by atoms with van der Waals surface area (Å²) >= 11 is 3.95. The molecule has 3 nitrogen and oxygen atoms in total. The van der Waals surface area contributed by atoms with E-state index >= 15 is 0 Å². The molecule has 0 aliphatic rings. The molecule has 0 amide bonds. The van der Waals surface area contributed by atoms with Gasteiger partial charge < -0.3 is 14.5 Å². The highest BCUT2D eigenvalue weighted by Gasteiger charge is 1.94. The number of hydrogen-bond donors (Lipinski definition) is 0. The highest BCUT2D eigenvalue weighted by Crippen LogP contribution is 2.02. The van der Waals surface area contributed by atoms with Gasteiger partial charge in [-0.05, 0) is 28.2 Å². The minimum atomic E-state index is 0.895. The molecule has 0 aliphatic carbocycles. The van der Waals surface area contributed by atoms with Crippen LogP contribution in [0.4, 0.5) is 0 Å². The topological polar surface area (TPSA) is 15.7 Å². The lowest BCUT2D eigenvalue weighted by Gasteiger charge is -2.09. The third kappa shape index (κ3) is 16.6. The van der Waals surface area contributed by atoms with Crippen molar-refractivity contribution in [3.8, 4) is 0 Å². The van der Waals surface area contributed by atoms with E-state index in [-0.39, 0.29) is 0 Å². The molecule has 104 valence electrons. The molecule has 0 radical (unpaired) electrons. The van der Waals surface area contributed by atoms with Crippen molar-refractivity contribution in [2.45, 2.75) is 0 Å². The van der Waals surface area contributed by atoms with Crippen molar-refractivity contribution in [3.63, 3.8) is 0 Å². The second-order valence-electron chi connectivity index (χ2n) is 4.44. The Morgan fingerprint density at radius 3 is 1.47 bits per heavy atom. The van der Waals surface area contributed by atoms with Crippen LogP contribution in [0.3, 0.4) is 0 Å². The van der Waals surface area contributed by atoms with Crippen molar-refractivity contribution in [1.29, 1.82) is 0 Å². The molecule has 0 spiro atoms. The van der Waals surface area contributed by atoms with Gasteiger partial charge in [-0.3, -0.25) is 0 Å². The Kier molecular flexibility index (Phi) is 13.5. The van der Waals surface area contributed by atoms with E-state index in [9.17, 15) is 0 Å². The van der Waals surface area contributed by atoms with Crippen LogP contribution in [0.1, 0.15) is 0 Å². The molecule has 17 heavy (non-hydrogen) atoms. The van der Waals surface area contributed by atoms with E-state index in [4.69, 9.17) is 4.74 Å². The van der Waals surface area contributed by atoms with E-state index in [2.05, 4.69) is 38.0 Å². The zero-order valence-corrected chi connectivity index (χ0v) is 13.4. The molecule has 0 saturated carbocycles. The molecule has 0 saturated heterocycles. The molecule has 0 aromatic rings. The highest BCUT2D eigenvalue weighted by molar-refractivity contribution is 7.99. The van der Waals surface area contributed by atoms with Crippen LogP contribution < -0.4 is 0 Å². The van der Waals surface area contributed by atoms with Crippen LogP contribution in [0.25, 0.3) is 0 Å². The zero-order valence-electron chi connectivity index (χ0n) is 11.8. The Bertz CT molecular complexity index is 141. The average Bonchev–Trinajstić information content (AvgIpc) is 2.25. The minimum Gasteiger partial charge on any atom is -0.380 e. The summed E-state index contributed by atoms with van der Waals surface area (Å²) in [6.45, 7) is 4.11. The number of thioether (sulfide) groups is 2. The van der Waals surface area contributed by atoms with Gasteiger partial charge in [-0.1, -0.05) is 0 Å². The molecule has 0 aromatic carbocycles. The van der Waals surface area contributed by atoms with Gasteiger partial charge in [0.15, 0.2) is 0 Å². The third-order valence-electron chi connectivity index (χ3n) is 2.11. The summed E-state index contributed by atoms with van der Waals surface area (Å²) in [6.07, 6.45) is 0. The molecule has 0 bridgehead atoms. The van der Waals surface area contributed by atoms with Crippen molar-refractivity contribution in [2.24, 2.45) is 0 Å². The summed E-state index contributed by atoms with van der Waals surface area (Å²) in [7, 11) is 8.45. The maximum absolute atomic E-state index is 5.58. The SMILES string of the molecule is CN(C)CCSCCOCCSCCN(C)C. The first-order valence-electron chi connectivity index (χ1n) is 6.15. The van der Waals surface area contributed by atoms with Gasteiger partial charge in [0, 0.05) is 36.1 Å². The van der Waals surface area contributed by atoms with E-state index < -0.39 is 0 Å². The van der Waals surface area contributed by atoms with E-state index in [1.807, 2.05) is 23.5 Å². The lowest BCUT2D eigenvalue weighted by atomic mass is 10.7. The predicted octanol–water partition coefficient (Wildman–Crippen LogP) is 1.59. The number of nitrogens with zero attached hydrogens (tertiary/aromatic N) is 2. The van der Waals surface area contributed by atoms with Gasteiger partial charge in [0.1, 0.15) is 0 Å².